The molecule has 0 amide bonds. The van der Waals surface area contributed by atoms with E-state index < -0.39 is 5.97 Å². The molecule has 2 nitrogen and oxygen atoms in total. The topological polar surface area (TPSA) is 40.1 Å². The Morgan fingerprint density at radius 1 is 0.773 bits per heavy atom. The lowest BCUT2D eigenvalue weighted by Crippen LogP contribution is -2.24. The van der Waals surface area contributed by atoms with Gasteiger partial charge in [0, 0.05) is 12.4 Å². The van der Waals surface area contributed by atoms with Gasteiger partial charge in [-0.1, -0.05) is 70.6 Å². The number of unbranched alkanes of at least 4 members (excludes halogenated alkanes) is 6. The van der Waals surface area contributed by atoms with Crippen LogP contribution in [0.1, 0.15) is 81.9 Å². The van der Waals surface area contributed by atoms with Crippen LogP contribution in [0.2, 0.25) is 0 Å². The molecule has 0 radical (unpaired) electrons. The Kier molecular flexibility index (Phi) is 9.61. The van der Waals surface area contributed by atoms with Crippen molar-refractivity contribution in [3.63, 3.8) is 0 Å². The quantitative estimate of drug-likeness (QED) is 0.542. The van der Waals surface area contributed by atoms with E-state index in [0.717, 1.165) is 18.4 Å². The molecule has 0 aliphatic heterocycles. The van der Waals surface area contributed by atoms with Crippen LogP contribution in [-0.4, -0.2) is 5.97 Å². The molecule has 0 atom stereocenters. The minimum Gasteiger partial charge on any atom is -0.550 e. The molecular formula is C20H31O2-. The van der Waals surface area contributed by atoms with Gasteiger partial charge in [-0.25, -0.2) is 0 Å². The predicted molar refractivity (Wildman–Crippen MR) is 90.8 cm³/mol. The second-order valence-corrected chi connectivity index (χ2v) is 6.33. The summed E-state index contributed by atoms with van der Waals surface area (Å²) in [6, 6.07) is 6.38. The third-order valence-electron chi connectivity index (χ3n) is 4.10. The normalized spacial score (nSPS) is 10.8. The lowest BCUT2D eigenvalue weighted by atomic mass is 9.96. The van der Waals surface area contributed by atoms with E-state index in [1.807, 2.05) is 0 Å². The van der Waals surface area contributed by atoms with Gasteiger partial charge < -0.3 is 9.90 Å². The first-order valence-corrected chi connectivity index (χ1v) is 8.97. The highest BCUT2D eigenvalue weighted by molar-refractivity contribution is 5.68. The minimum atomic E-state index is -0.986. The Morgan fingerprint density at radius 2 is 1.23 bits per heavy atom. The highest BCUT2D eigenvalue weighted by Crippen LogP contribution is 2.17. The molecule has 1 rings (SSSR count). The molecule has 0 heterocycles. The zero-order chi connectivity index (χ0) is 16.2. The second-order valence-electron chi connectivity index (χ2n) is 6.33. The largest absolute Gasteiger partial charge is 0.550 e. The Bertz CT molecular complexity index is 407. The maximum absolute atomic E-state index is 10.9. The van der Waals surface area contributed by atoms with Crippen LogP contribution in [0.3, 0.4) is 0 Å². The molecular weight excluding hydrogens is 272 g/mol. The standard InChI is InChI=1S/C20H32O2/c1-3-5-7-9-11-17-13-18(12-10-8-6-4-2)15-19(14-17)16-20(21)22/h13-15H,3-12,16H2,1-2H3,(H,21,22)/p-1. The molecule has 1 aromatic rings. The van der Waals surface area contributed by atoms with Crippen molar-refractivity contribution in [1.82, 2.24) is 0 Å². The molecule has 0 fully saturated rings. The summed E-state index contributed by atoms with van der Waals surface area (Å²) in [5.74, 6) is -0.986. The van der Waals surface area contributed by atoms with Gasteiger partial charge in [0.2, 0.25) is 0 Å². The Balaban J connectivity index is 2.65. The van der Waals surface area contributed by atoms with Gasteiger partial charge in [-0.3, -0.25) is 0 Å². The Hall–Kier alpha value is -1.31. The number of hydrogen-bond acceptors (Lipinski definition) is 2. The fourth-order valence-electron chi connectivity index (χ4n) is 2.91. The van der Waals surface area contributed by atoms with Crippen LogP contribution in [0.15, 0.2) is 18.2 Å². The molecule has 0 saturated carbocycles. The van der Waals surface area contributed by atoms with Gasteiger partial charge in [0.15, 0.2) is 0 Å². The van der Waals surface area contributed by atoms with Crippen molar-refractivity contribution in [2.45, 2.75) is 84.5 Å². The number of carboxylic acids is 1. The van der Waals surface area contributed by atoms with Crippen molar-refractivity contribution in [3.05, 3.63) is 34.9 Å². The van der Waals surface area contributed by atoms with Crippen LogP contribution in [-0.2, 0) is 24.1 Å². The summed E-state index contributed by atoms with van der Waals surface area (Å²) in [5.41, 5.74) is 3.49. The zero-order valence-electron chi connectivity index (χ0n) is 14.3. The summed E-state index contributed by atoms with van der Waals surface area (Å²) in [4.78, 5) is 10.9. The lowest BCUT2D eigenvalue weighted by Gasteiger charge is -2.11. The summed E-state index contributed by atoms with van der Waals surface area (Å²) in [5, 5.41) is 10.9. The monoisotopic (exact) mass is 303 g/mol. The van der Waals surface area contributed by atoms with Crippen LogP contribution in [0.25, 0.3) is 0 Å². The van der Waals surface area contributed by atoms with Gasteiger partial charge in [0.25, 0.3) is 0 Å². The molecule has 0 aliphatic rings. The van der Waals surface area contributed by atoms with E-state index in [-0.39, 0.29) is 6.42 Å². The number of aliphatic carboxylic acids is 1. The number of carbonyl (C=O) groups is 1. The maximum Gasteiger partial charge on any atom is 0.0458 e. The van der Waals surface area contributed by atoms with E-state index in [2.05, 4.69) is 32.0 Å². The van der Waals surface area contributed by atoms with Crippen LogP contribution >= 0.6 is 0 Å². The molecule has 0 spiro atoms. The van der Waals surface area contributed by atoms with Crippen molar-refractivity contribution < 1.29 is 9.90 Å². The molecule has 0 saturated heterocycles. The van der Waals surface area contributed by atoms with Gasteiger partial charge in [0.05, 0.1) is 0 Å². The average molecular weight is 303 g/mol. The van der Waals surface area contributed by atoms with Crippen LogP contribution in [0.5, 0.6) is 0 Å². The maximum atomic E-state index is 10.9. The van der Waals surface area contributed by atoms with Gasteiger partial charge in [0.1, 0.15) is 0 Å². The SMILES string of the molecule is CCCCCCc1cc(CCCCCC)cc(CC(=O)[O-])c1. The number of rotatable bonds is 12. The number of benzene rings is 1. The van der Waals surface area contributed by atoms with E-state index in [9.17, 15) is 9.90 Å². The molecule has 0 bridgehead atoms. The van der Waals surface area contributed by atoms with Crippen molar-refractivity contribution in [2.75, 3.05) is 0 Å². The van der Waals surface area contributed by atoms with E-state index in [1.54, 1.807) is 0 Å². The number of carbonyl (C=O) groups excluding carboxylic acids is 1. The zero-order valence-corrected chi connectivity index (χ0v) is 14.3. The number of hydrogen-bond donors (Lipinski definition) is 0. The van der Waals surface area contributed by atoms with Crippen molar-refractivity contribution in [2.24, 2.45) is 0 Å². The smallest absolute Gasteiger partial charge is 0.0458 e. The first kappa shape index (κ1) is 18.7. The van der Waals surface area contributed by atoms with Gasteiger partial charge in [-0.05, 0) is 42.4 Å². The van der Waals surface area contributed by atoms with Crippen molar-refractivity contribution in [3.8, 4) is 0 Å². The molecule has 0 N–H and O–H groups in total. The van der Waals surface area contributed by atoms with Crippen LogP contribution < -0.4 is 5.11 Å². The summed E-state index contributed by atoms with van der Waals surface area (Å²) < 4.78 is 0. The van der Waals surface area contributed by atoms with E-state index in [1.165, 1.54) is 62.5 Å². The average Bonchev–Trinajstić information content (AvgIpc) is 2.47. The molecule has 0 aliphatic carbocycles. The Labute approximate surface area is 135 Å². The Morgan fingerprint density at radius 3 is 1.64 bits per heavy atom. The first-order valence-electron chi connectivity index (χ1n) is 8.97. The predicted octanol–water partition coefficient (Wildman–Crippen LogP) is 4.22. The van der Waals surface area contributed by atoms with Gasteiger partial charge >= 0.3 is 0 Å². The second kappa shape index (κ2) is 11.3. The molecule has 1 aromatic carbocycles. The van der Waals surface area contributed by atoms with Crippen molar-refractivity contribution in [1.29, 1.82) is 0 Å². The number of aryl methyl sites for hydroxylation is 2. The molecule has 22 heavy (non-hydrogen) atoms. The van der Waals surface area contributed by atoms with Crippen LogP contribution in [0.4, 0.5) is 0 Å². The minimum absolute atomic E-state index is 0.0325. The van der Waals surface area contributed by atoms with E-state index in [0.29, 0.717) is 0 Å². The molecule has 0 aromatic heterocycles. The summed E-state index contributed by atoms with van der Waals surface area (Å²) >= 11 is 0. The molecule has 124 valence electrons. The fourth-order valence-corrected chi connectivity index (χ4v) is 2.91. The molecule has 2 heteroatoms. The lowest BCUT2D eigenvalue weighted by molar-refractivity contribution is -0.304. The van der Waals surface area contributed by atoms with Gasteiger partial charge in [-0.2, -0.15) is 0 Å². The highest BCUT2D eigenvalue weighted by Gasteiger charge is 2.03. The first-order chi connectivity index (χ1) is 10.7. The van der Waals surface area contributed by atoms with Gasteiger partial charge in [-0.15, -0.1) is 0 Å². The van der Waals surface area contributed by atoms with Crippen molar-refractivity contribution >= 4 is 5.97 Å². The third kappa shape index (κ3) is 8.21. The summed E-state index contributed by atoms with van der Waals surface area (Å²) in [6.07, 6.45) is 12.1. The van der Waals surface area contributed by atoms with E-state index in [4.69, 9.17) is 0 Å². The summed E-state index contributed by atoms with van der Waals surface area (Å²) in [7, 11) is 0. The fraction of sp³-hybridized carbons (Fsp3) is 0.650. The van der Waals surface area contributed by atoms with Crippen LogP contribution in [0, 0.1) is 0 Å². The highest BCUT2D eigenvalue weighted by atomic mass is 16.4. The van der Waals surface area contributed by atoms with E-state index >= 15 is 0 Å². The number of carboxylic acid groups (broad SMARTS) is 1. The molecule has 0 unspecified atom stereocenters. The third-order valence-corrected chi connectivity index (χ3v) is 4.10. The summed E-state index contributed by atoms with van der Waals surface area (Å²) in [6.45, 7) is 4.43.